The first-order valence-corrected chi connectivity index (χ1v) is 6.98. The zero-order valence-corrected chi connectivity index (χ0v) is 12.8. The molecule has 6 heteroatoms. The van der Waals surface area contributed by atoms with E-state index in [4.69, 9.17) is 40.5 Å². The van der Waals surface area contributed by atoms with Crippen molar-refractivity contribution in [1.82, 2.24) is 9.55 Å². The molecule has 20 heavy (non-hydrogen) atoms. The molecule has 0 spiro atoms. The minimum Gasteiger partial charge on any atom is -0.397 e. The molecule has 0 radical (unpaired) electrons. The quantitative estimate of drug-likeness (QED) is 0.654. The number of nitrogen functional groups attached to an aromatic ring is 1. The SMILES string of the molecule is Cn1c(-c2cc(Cl)cc(Cl)c2N)nc2cccc(Cl)c21. The van der Waals surface area contributed by atoms with E-state index < -0.39 is 0 Å². The molecule has 0 saturated heterocycles. The van der Waals surface area contributed by atoms with Crippen LogP contribution < -0.4 is 5.73 Å². The minimum absolute atomic E-state index is 0.408. The normalized spacial score (nSPS) is 11.2. The number of anilines is 1. The van der Waals surface area contributed by atoms with Gasteiger partial charge < -0.3 is 10.3 Å². The summed E-state index contributed by atoms with van der Waals surface area (Å²) >= 11 is 18.4. The van der Waals surface area contributed by atoms with Gasteiger partial charge in [-0.25, -0.2) is 4.98 Å². The van der Waals surface area contributed by atoms with Crippen LogP contribution in [-0.2, 0) is 7.05 Å². The highest BCUT2D eigenvalue weighted by molar-refractivity contribution is 6.37. The molecular formula is C14H10Cl3N3. The second kappa shape index (κ2) is 4.85. The van der Waals surface area contributed by atoms with Crippen molar-refractivity contribution in [2.24, 2.45) is 7.05 Å². The largest absolute Gasteiger partial charge is 0.397 e. The van der Waals surface area contributed by atoms with Gasteiger partial charge in [-0.15, -0.1) is 0 Å². The maximum absolute atomic E-state index is 6.22. The summed E-state index contributed by atoms with van der Waals surface area (Å²) in [6.07, 6.45) is 0. The Morgan fingerprint density at radius 1 is 1.10 bits per heavy atom. The lowest BCUT2D eigenvalue weighted by Crippen LogP contribution is -1.98. The third-order valence-corrected chi connectivity index (χ3v) is 4.02. The first-order chi connectivity index (χ1) is 9.49. The Hall–Kier alpha value is -1.42. The van der Waals surface area contributed by atoms with Crippen molar-refractivity contribution in [3.05, 3.63) is 45.4 Å². The molecule has 1 aromatic heterocycles. The van der Waals surface area contributed by atoms with Crippen LogP contribution in [-0.4, -0.2) is 9.55 Å². The average Bonchev–Trinajstić information content (AvgIpc) is 2.72. The van der Waals surface area contributed by atoms with E-state index in [1.54, 1.807) is 12.1 Å². The molecule has 0 atom stereocenters. The average molecular weight is 327 g/mol. The summed E-state index contributed by atoms with van der Waals surface area (Å²) in [5, 5.41) is 1.55. The second-order valence-corrected chi connectivity index (χ2v) is 5.70. The fourth-order valence-electron chi connectivity index (χ4n) is 2.23. The molecule has 102 valence electrons. The van der Waals surface area contributed by atoms with Crippen molar-refractivity contribution in [3.63, 3.8) is 0 Å². The summed E-state index contributed by atoms with van der Waals surface area (Å²) in [6, 6.07) is 8.93. The van der Waals surface area contributed by atoms with Gasteiger partial charge in [0.2, 0.25) is 0 Å². The van der Waals surface area contributed by atoms with Crippen molar-refractivity contribution in [2.75, 3.05) is 5.73 Å². The molecule has 0 fully saturated rings. The lowest BCUT2D eigenvalue weighted by Gasteiger charge is -2.08. The van der Waals surface area contributed by atoms with Crippen LogP contribution in [0.5, 0.6) is 0 Å². The Kier molecular flexibility index (Phi) is 3.28. The summed E-state index contributed by atoms with van der Waals surface area (Å²) in [6.45, 7) is 0. The van der Waals surface area contributed by atoms with E-state index in [1.807, 2.05) is 29.8 Å². The molecule has 0 aliphatic rings. The highest BCUT2D eigenvalue weighted by atomic mass is 35.5. The molecule has 0 unspecified atom stereocenters. The van der Waals surface area contributed by atoms with Gasteiger partial charge >= 0.3 is 0 Å². The molecule has 0 amide bonds. The molecule has 0 bridgehead atoms. The van der Waals surface area contributed by atoms with Gasteiger partial charge in [-0.2, -0.15) is 0 Å². The Labute approximate surface area is 130 Å². The highest BCUT2D eigenvalue weighted by Crippen LogP contribution is 2.36. The first-order valence-electron chi connectivity index (χ1n) is 5.85. The summed E-state index contributed by atoms with van der Waals surface area (Å²) in [7, 11) is 1.88. The molecule has 3 aromatic rings. The van der Waals surface area contributed by atoms with Gasteiger partial charge in [0.1, 0.15) is 5.82 Å². The summed E-state index contributed by atoms with van der Waals surface area (Å²) in [5.41, 5.74) is 8.82. The smallest absolute Gasteiger partial charge is 0.143 e. The number of imidazole rings is 1. The zero-order chi connectivity index (χ0) is 14.4. The zero-order valence-electron chi connectivity index (χ0n) is 10.5. The molecule has 0 aliphatic carbocycles. The van der Waals surface area contributed by atoms with Crippen LogP contribution in [0, 0.1) is 0 Å². The van der Waals surface area contributed by atoms with Gasteiger partial charge in [0.25, 0.3) is 0 Å². The van der Waals surface area contributed by atoms with Gasteiger partial charge in [0.05, 0.1) is 26.8 Å². The minimum atomic E-state index is 0.408. The third kappa shape index (κ3) is 2.03. The first kappa shape index (κ1) is 13.6. The van der Waals surface area contributed by atoms with Crippen LogP contribution in [0.1, 0.15) is 0 Å². The van der Waals surface area contributed by atoms with Crippen LogP contribution in [0.25, 0.3) is 22.4 Å². The fraction of sp³-hybridized carbons (Fsp3) is 0.0714. The van der Waals surface area contributed by atoms with Crippen molar-refractivity contribution >= 4 is 51.5 Å². The molecular weight excluding hydrogens is 317 g/mol. The van der Waals surface area contributed by atoms with Gasteiger partial charge in [-0.3, -0.25) is 0 Å². The maximum Gasteiger partial charge on any atom is 0.143 e. The van der Waals surface area contributed by atoms with Crippen LogP contribution in [0.15, 0.2) is 30.3 Å². The predicted molar refractivity (Wildman–Crippen MR) is 85.6 cm³/mol. The van der Waals surface area contributed by atoms with E-state index in [2.05, 4.69) is 4.98 Å². The van der Waals surface area contributed by atoms with E-state index in [9.17, 15) is 0 Å². The van der Waals surface area contributed by atoms with E-state index >= 15 is 0 Å². The van der Waals surface area contributed by atoms with Gasteiger partial charge in [-0.05, 0) is 24.3 Å². The molecule has 3 nitrogen and oxygen atoms in total. The number of halogens is 3. The Morgan fingerprint density at radius 3 is 2.55 bits per heavy atom. The van der Waals surface area contributed by atoms with Crippen LogP contribution in [0.4, 0.5) is 5.69 Å². The number of aryl methyl sites for hydroxylation is 1. The molecule has 2 N–H and O–H groups in total. The standard InChI is InChI=1S/C14H10Cl3N3/c1-20-13-9(16)3-2-4-11(13)19-14(20)8-5-7(15)6-10(17)12(8)18/h2-6H,18H2,1H3. The Balaban J connectivity index is 2.36. The van der Waals surface area contributed by atoms with E-state index in [1.165, 1.54) is 0 Å². The second-order valence-electron chi connectivity index (χ2n) is 4.45. The Morgan fingerprint density at radius 2 is 1.85 bits per heavy atom. The number of benzene rings is 2. The Bertz CT molecular complexity index is 824. The number of nitrogens with two attached hydrogens (primary N) is 1. The van der Waals surface area contributed by atoms with Crippen molar-refractivity contribution < 1.29 is 0 Å². The van der Waals surface area contributed by atoms with Crippen LogP contribution in [0.2, 0.25) is 15.1 Å². The summed E-state index contributed by atoms with van der Waals surface area (Å²) in [5.74, 6) is 0.676. The molecule has 0 saturated carbocycles. The fourth-order valence-corrected chi connectivity index (χ4v) is 3.02. The number of aromatic nitrogens is 2. The van der Waals surface area contributed by atoms with E-state index in [0.717, 1.165) is 11.0 Å². The van der Waals surface area contributed by atoms with Crippen molar-refractivity contribution in [2.45, 2.75) is 0 Å². The van der Waals surface area contributed by atoms with Gasteiger partial charge in [0, 0.05) is 17.6 Å². The highest BCUT2D eigenvalue weighted by Gasteiger charge is 2.16. The number of rotatable bonds is 1. The van der Waals surface area contributed by atoms with Crippen LogP contribution >= 0.6 is 34.8 Å². The molecule has 0 aliphatic heterocycles. The summed E-state index contributed by atoms with van der Waals surface area (Å²) in [4.78, 5) is 4.57. The van der Waals surface area contributed by atoms with Crippen molar-refractivity contribution in [1.29, 1.82) is 0 Å². The maximum atomic E-state index is 6.22. The predicted octanol–water partition coefficient (Wildman–Crippen LogP) is 4.78. The van der Waals surface area contributed by atoms with E-state index in [0.29, 0.717) is 32.1 Å². The topological polar surface area (TPSA) is 43.8 Å². The number of hydrogen-bond donors (Lipinski definition) is 1. The number of fused-ring (bicyclic) bond motifs is 1. The molecule has 2 aromatic carbocycles. The lowest BCUT2D eigenvalue weighted by molar-refractivity contribution is 0.960. The van der Waals surface area contributed by atoms with Gasteiger partial charge in [0.15, 0.2) is 0 Å². The van der Waals surface area contributed by atoms with Crippen molar-refractivity contribution in [3.8, 4) is 11.4 Å². The van der Waals surface area contributed by atoms with Gasteiger partial charge in [-0.1, -0.05) is 40.9 Å². The number of nitrogens with zero attached hydrogens (tertiary/aromatic N) is 2. The number of hydrogen-bond acceptors (Lipinski definition) is 2. The molecule has 1 heterocycles. The molecule has 3 rings (SSSR count). The lowest BCUT2D eigenvalue weighted by atomic mass is 10.1. The third-order valence-electron chi connectivity index (χ3n) is 3.18. The van der Waals surface area contributed by atoms with E-state index in [-0.39, 0.29) is 0 Å². The summed E-state index contributed by atoms with van der Waals surface area (Å²) < 4.78 is 1.88. The monoisotopic (exact) mass is 325 g/mol. The number of para-hydroxylation sites is 1. The van der Waals surface area contributed by atoms with Crippen LogP contribution in [0.3, 0.4) is 0 Å².